The largest absolute Gasteiger partial charge is 0.450 e. The number of furan rings is 1. The molecule has 0 atom stereocenters. The number of benzene rings is 2. The van der Waals surface area contributed by atoms with Gasteiger partial charge in [-0.1, -0.05) is 47.5 Å². The van der Waals surface area contributed by atoms with Gasteiger partial charge in [0.2, 0.25) is 5.76 Å². The van der Waals surface area contributed by atoms with E-state index in [2.05, 4.69) is 5.32 Å². The summed E-state index contributed by atoms with van der Waals surface area (Å²) >= 11 is 12.0. The number of para-hydroxylation sites is 2. The minimum absolute atomic E-state index is 0.00965. The molecule has 8 heteroatoms. The number of amides is 1. The van der Waals surface area contributed by atoms with E-state index in [4.69, 9.17) is 37.1 Å². The molecule has 3 aromatic rings. The third kappa shape index (κ3) is 5.09. The predicted molar refractivity (Wildman–Crippen MR) is 112 cm³/mol. The van der Waals surface area contributed by atoms with E-state index in [1.54, 1.807) is 30.3 Å². The summed E-state index contributed by atoms with van der Waals surface area (Å²) in [5.41, 5.74) is 1.37. The van der Waals surface area contributed by atoms with Crippen LogP contribution in [0.2, 0.25) is 10.0 Å². The SMILES string of the molecule is CC(C)OCc1c(C(=O)OCC(=O)Nc2c(Cl)cccc2Cl)oc2ccccc12. The molecule has 2 aromatic carbocycles. The fourth-order valence-corrected chi connectivity index (χ4v) is 3.14. The van der Waals surface area contributed by atoms with Gasteiger partial charge in [-0.3, -0.25) is 4.79 Å². The van der Waals surface area contributed by atoms with Gasteiger partial charge in [0, 0.05) is 10.9 Å². The molecule has 1 aromatic heterocycles. The molecule has 0 unspecified atom stereocenters. The van der Waals surface area contributed by atoms with E-state index >= 15 is 0 Å². The van der Waals surface area contributed by atoms with Gasteiger partial charge in [-0.15, -0.1) is 0 Å². The minimum atomic E-state index is -0.760. The maximum atomic E-state index is 12.6. The van der Waals surface area contributed by atoms with Gasteiger partial charge >= 0.3 is 5.97 Å². The highest BCUT2D eigenvalue weighted by molar-refractivity contribution is 6.39. The standard InChI is InChI=1S/C21H19Cl2NO5/c1-12(2)27-10-14-13-6-3-4-9-17(13)29-20(14)21(26)28-11-18(25)24-19-15(22)7-5-8-16(19)23/h3-9,12H,10-11H2,1-2H3,(H,24,25). The second kappa shape index (κ2) is 9.31. The molecule has 1 heterocycles. The van der Waals surface area contributed by atoms with Crippen LogP contribution in [0.1, 0.15) is 30.0 Å². The first-order valence-electron chi connectivity index (χ1n) is 8.89. The molecule has 0 aliphatic carbocycles. The van der Waals surface area contributed by atoms with Crippen molar-refractivity contribution in [2.24, 2.45) is 0 Å². The van der Waals surface area contributed by atoms with Crippen LogP contribution < -0.4 is 5.32 Å². The molecular weight excluding hydrogens is 417 g/mol. The fourth-order valence-electron chi connectivity index (χ4n) is 2.65. The molecule has 0 bridgehead atoms. The molecule has 0 saturated carbocycles. The van der Waals surface area contributed by atoms with Gasteiger partial charge in [0.15, 0.2) is 6.61 Å². The van der Waals surface area contributed by atoms with Crippen LogP contribution >= 0.6 is 23.2 Å². The van der Waals surface area contributed by atoms with Crippen molar-refractivity contribution in [3.63, 3.8) is 0 Å². The Morgan fingerprint density at radius 1 is 1.07 bits per heavy atom. The number of fused-ring (bicyclic) bond motifs is 1. The molecule has 0 fully saturated rings. The molecule has 3 rings (SSSR count). The number of nitrogens with one attached hydrogen (secondary N) is 1. The highest BCUT2D eigenvalue weighted by Crippen LogP contribution is 2.30. The zero-order chi connectivity index (χ0) is 21.0. The van der Waals surface area contributed by atoms with E-state index in [9.17, 15) is 9.59 Å². The Bertz CT molecular complexity index is 1020. The maximum Gasteiger partial charge on any atom is 0.375 e. The molecule has 0 radical (unpaired) electrons. The lowest BCUT2D eigenvalue weighted by Gasteiger charge is -2.10. The average molecular weight is 436 g/mol. The lowest BCUT2D eigenvalue weighted by atomic mass is 10.1. The summed E-state index contributed by atoms with van der Waals surface area (Å²) in [4.78, 5) is 24.7. The summed E-state index contributed by atoms with van der Waals surface area (Å²) in [6.07, 6.45) is -0.0290. The van der Waals surface area contributed by atoms with Crippen LogP contribution in [0.5, 0.6) is 0 Å². The van der Waals surface area contributed by atoms with Crippen molar-refractivity contribution in [3.8, 4) is 0 Å². The first-order valence-corrected chi connectivity index (χ1v) is 9.65. The van der Waals surface area contributed by atoms with Gasteiger partial charge in [-0.05, 0) is 32.0 Å². The first kappa shape index (κ1) is 21.2. The fraction of sp³-hybridized carbons (Fsp3) is 0.238. The van der Waals surface area contributed by atoms with Crippen LogP contribution in [0.25, 0.3) is 11.0 Å². The minimum Gasteiger partial charge on any atom is -0.450 e. The quantitative estimate of drug-likeness (QED) is 0.498. The smallest absolute Gasteiger partial charge is 0.375 e. The summed E-state index contributed by atoms with van der Waals surface area (Å²) in [7, 11) is 0. The van der Waals surface area contributed by atoms with Gasteiger partial charge < -0.3 is 19.2 Å². The number of halogens is 2. The number of hydrogen-bond donors (Lipinski definition) is 1. The summed E-state index contributed by atoms with van der Waals surface area (Å²) in [6, 6.07) is 12.1. The monoisotopic (exact) mass is 435 g/mol. The Morgan fingerprint density at radius 2 is 1.76 bits per heavy atom. The topological polar surface area (TPSA) is 77.8 Å². The molecule has 29 heavy (non-hydrogen) atoms. The molecule has 0 spiro atoms. The second-order valence-electron chi connectivity index (χ2n) is 6.49. The lowest BCUT2D eigenvalue weighted by Crippen LogP contribution is -2.21. The van der Waals surface area contributed by atoms with Crippen LogP contribution in [0.4, 0.5) is 5.69 Å². The number of carbonyl (C=O) groups excluding carboxylic acids is 2. The lowest BCUT2D eigenvalue weighted by molar-refractivity contribution is -0.119. The Balaban J connectivity index is 1.72. The van der Waals surface area contributed by atoms with Crippen molar-refractivity contribution in [1.29, 1.82) is 0 Å². The summed E-state index contributed by atoms with van der Waals surface area (Å²) in [5, 5.41) is 3.85. The zero-order valence-electron chi connectivity index (χ0n) is 15.8. The van der Waals surface area contributed by atoms with E-state index in [1.807, 2.05) is 26.0 Å². The Labute approximate surface area is 177 Å². The van der Waals surface area contributed by atoms with E-state index in [0.29, 0.717) is 11.1 Å². The Morgan fingerprint density at radius 3 is 2.45 bits per heavy atom. The second-order valence-corrected chi connectivity index (χ2v) is 7.30. The molecular formula is C21H19Cl2NO5. The van der Waals surface area contributed by atoms with Crippen LogP contribution in [-0.2, 0) is 20.9 Å². The van der Waals surface area contributed by atoms with Gasteiger partial charge in [-0.2, -0.15) is 0 Å². The molecule has 1 amide bonds. The highest BCUT2D eigenvalue weighted by Gasteiger charge is 2.23. The third-order valence-electron chi connectivity index (χ3n) is 4.01. The van der Waals surface area contributed by atoms with E-state index in [1.165, 1.54) is 0 Å². The van der Waals surface area contributed by atoms with E-state index in [0.717, 1.165) is 5.39 Å². The summed E-state index contributed by atoms with van der Waals surface area (Å²) in [5.74, 6) is -1.33. The molecule has 0 aliphatic rings. The number of anilines is 1. The van der Waals surface area contributed by atoms with E-state index < -0.39 is 18.5 Å². The summed E-state index contributed by atoms with van der Waals surface area (Å²) in [6.45, 7) is 3.44. The first-order chi connectivity index (χ1) is 13.9. The Kier molecular flexibility index (Phi) is 6.79. The van der Waals surface area contributed by atoms with Gasteiger partial charge in [0.05, 0.1) is 28.4 Å². The van der Waals surface area contributed by atoms with Crippen molar-refractivity contribution in [2.75, 3.05) is 11.9 Å². The molecule has 1 N–H and O–H groups in total. The normalized spacial score (nSPS) is 11.1. The van der Waals surface area contributed by atoms with Crippen molar-refractivity contribution < 1.29 is 23.5 Å². The Hall–Kier alpha value is -2.54. The van der Waals surface area contributed by atoms with Crippen molar-refractivity contribution in [1.82, 2.24) is 0 Å². The number of carbonyl (C=O) groups is 2. The van der Waals surface area contributed by atoms with Gasteiger partial charge in [0.25, 0.3) is 5.91 Å². The van der Waals surface area contributed by atoms with Crippen LogP contribution in [0.15, 0.2) is 46.9 Å². The summed E-state index contributed by atoms with van der Waals surface area (Å²) < 4.78 is 16.4. The van der Waals surface area contributed by atoms with Crippen molar-refractivity contribution in [3.05, 3.63) is 63.8 Å². The van der Waals surface area contributed by atoms with Crippen molar-refractivity contribution >= 4 is 51.7 Å². The number of rotatable bonds is 7. The maximum absolute atomic E-state index is 12.6. The van der Waals surface area contributed by atoms with E-state index in [-0.39, 0.29) is 34.2 Å². The molecule has 0 aliphatic heterocycles. The van der Waals surface area contributed by atoms with Crippen LogP contribution in [0.3, 0.4) is 0 Å². The average Bonchev–Trinajstić information content (AvgIpc) is 3.06. The predicted octanol–water partition coefficient (Wildman–Crippen LogP) is 5.46. The van der Waals surface area contributed by atoms with Crippen LogP contribution in [-0.4, -0.2) is 24.6 Å². The third-order valence-corrected chi connectivity index (χ3v) is 4.64. The zero-order valence-corrected chi connectivity index (χ0v) is 17.3. The van der Waals surface area contributed by atoms with Crippen molar-refractivity contribution in [2.45, 2.75) is 26.6 Å². The number of ether oxygens (including phenoxy) is 2. The highest BCUT2D eigenvalue weighted by atomic mass is 35.5. The van der Waals surface area contributed by atoms with Gasteiger partial charge in [0.1, 0.15) is 5.58 Å². The number of hydrogen-bond acceptors (Lipinski definition) is 5. The molecule has 6 nitrogen and oxygen atoms in total. The number of esters is 1. The van der Waals surface area contributed by atoms with Gasteiger partial charge in [-0.25, -0.2) is 4.79 Å². The molecule has 0 saturated heterocycles. The van der Waals surface area contributed by atoms with Crippen LogP contribution in [0, 0.1) is 0 Å². The molecule has 152 valence electrons.